The zero-order chi connectivity index (χ0) is 14.0. The van der Waals surface area contributed by atoms with Gasteiger partial charge in [-0.2, -0.15) is 0 Å². The van der Waals surface area contributed by atoms with E-state index in [2.05, 4.69) is 0 Å². The highest BCUT2D eigenvalue weighted by Crippen LogP contribution is 2.20. The Morgan fingerprint density at radius 3 is 2.58 bits per heavy atom. The van der Waals surface area contributed by atoms with Crippen molar-refractivity contribution in [3.05, 3.63) is 24.5 Å². The molecule has 0 bridgehead atoms. The topological polar surface area (TPSA) is 71.8 Å². The first-order valence-electron chi connectivity index (χ1n) is 6.16. The molecule has 0 saturated carbocycles. The molecule has 1 aliphatic heterocycles. The van der Waals surface area contributed by atoms with E-state index >= 15 is 0 Å². The van der Waals surface area contributed by atoms with Gasteiger partial charge in [-0.05, 0) is 26.0 Å². The predicted molar refractivity (Wildman–Crippen MR) is 68.1 cm³/mol. The van der Waals surface area contributed by atoms with Gasteiger partial charge in [-0.1, -0.05) is 0 Å². The highest BCUT2D eigenvalue weighted by molar-refractivity contribution is 5.82. The summed E-state index contributed by atoms with van der Waals surface area (Å²) in [6, 6.07) is 2.75. The van der Waals surface area contributed by atoms with Crippen molar-refractivity contribution in [2.45, 2.75) is 25.5 Å². The van der Waals surface area contributed by atoms with Gasteiger partial charge in [0.15, 0.2) is 0 Å². The molecule has 0 aliphatic carbocycles. The molecule has 2 rings (SSSR count). The summed E-state index contributed by atoms with van der Waals surface area (Å²) in [7, 11) is 0. The van der Waals surface area contributed by atoms with Crippen LogP contribution < -0.4 is 0 Å². The van der Waals surface area contributed by atoms with E-state index in [1.807, 2.05) is 13.8 Å². The molecule has 104 valence electrons. The van der Waals surface area contributed by atoms with Gasteiger partial charge in [0.2, 0.25) is 5.91 Å². The van der Waals surface area contributed by atoms with E-state index in [9.17, 15) is 14.7 Å². The van der Waals surface area contributed by atoms with Gasteiger partial charge < -0.3 is 9.84 Å². The van der Waals surface area contributed by atoms with Crippen LogP contribution in [0.1, 0.15) is 18.6 Å². The number of hydrogen-bond acceptors (Lipinski definition) is 4. The lowest BCUT2D eigenvalue weighted by atomic mass is 10.0. The standard InChI is InChI=1S/C13H18N2O4/c1-13(2)9-15(10(8-19-13)12(17)18)7-11(16)14-5-3-4-6-14/h3-6,10H,7-9H2,1-2H3,(H,17,18)/t10-/m0/s1. The number of nitrogens with zero attached hydrogens (tertiary/aromatic N) is 2. The van der Waals surface area contributed by atoms with Crippen LogP contribution in [0.25, 0.3) is 0 Å². The van der Waals surface area contributed by atoms with Crippen LogP contribution in [0.5, 0.6) is 0 Å². The van der Waals surface area contributed by atoms with Gasteiger partial charge >= 0.3 is 5.97 Å². The highest BCUT2D eigenvalue weighted by atomic mass is 16.5. The van der Waals surface area contributed by atoms with Crippen LogP contribution >= 0.6 is 0 Å². The molecule has 1 atom stereocenters. The molecular weight excluding hydrogens is 248 g/mol. The van der Waals surface area contributed by atoms with Crippen molar-refractivity contribution >= 4 is 11.9 Å². The monoisotopic (exact) mass is 266 g/mol. The fourth-order valence-corrected chi connectivity index (χ4v) is 2.20. The molecule has 0 spiro atoms. The minimum atomic E-state index is -0.962. The van der Waals surface area contributed by atoms with Crippen molar-refractivity contribution in [3.8, 4) is 0 Å². The van der Waals surface area contributed by atoms with Gasteiger partial charge in [0, 0.05) is 18.9 Å². The van der Waals surface area contributed by atoms with E-state index in [4.69, 9.17) is 4.74 Å². The zero-order valence-electron chi connectivity index (χ0n) is 11.1. The Labute approximate surface area is 111 Å². The molecule has 0 unspecified atom stereocenters. The number of hydrogen-bond donors (Lipinski definition) is 1. The van der Waals surface area contributed by atoms with Gasteiger partial charge in [-0.15, -0.1) is 0 Å². The van der Waals surface area contributed by atoms with Crippen LogP contribution in [0.15, 0.2) is 24.5 Å². The molecule has 2 heterocycles. The van der Waals surface area contributed by atoms with Gasteiger partial charge in [0.05, 0.1) is 18.8 Å². The Hall–Kier alpha value is -1.66. The fraction of sp³-hybridized carbons (Fsp3) is 0.538. The van der Waals surface area contributed by atoms with E-state index in [1.54, 1.807) is 29.4 Å². The number of aliphatic carboxylic acids is 1. The number of aromatic nitrogens is 1. The molecule has 6 heteroatoms. The first-order chi connectivity index (χ1) is 8.89. The highest BCUT2D eigenvalue weighted by Gasteiger charge is 2.38. The third-order valence-corrected chi connectivity index (χ3v) is 3.17. The number of ether oxygens (including phenoxy) is 1. The summed E-state index contributed by atoms with van der Waals surface area (Å²) in [4.78, 5) is 24.9. The normalized spacial score (nSPS) is 23.2. The van der Waals surface area contributed by atoms with Gasteiger partial charge in [-0.25, -0.2) is 0 Å². The molecule has 6 nitrogen and oxygen atoms in total. The Kier molecular flexibility index (Phi) is 3.73. The quantitative estimate of drug-likeness (QED) is 0.871. The second-order valence-electron chi connectivity index (χ2n) is 5.31. The molecule has 0 aromatic carbocycles. The molecule has 1 N–H and O–H groups in total. The van der Waals surface area contributed by atoms with Crippen LogP contribution in [0.4, 0.5) is 0 Å². The zero-order valence-corrected chi connectivity index (χ0v) is 11.1. The molecule has 1 aromatic rings. The number of carbonyl (C=O) groups is 2. The van der Waals surface area contributed by atoms with Crippen LogP contribution in [0, 0.1) is 0 Å². The first-order valence-corrected chi connectivity index (χ1v) is 6.16. The Bertz CT molecular complexity index is 467. The van der Waals surface area contributed by atoms with Gasteiger partial charge in [0.25, 0.3) is 0 Å². The molecule has 1 aliphatic rings. The maximum Gasteiger partial charge on any atom is 0.323 e. The van der Waals surface area contributed by atoms with Crippen LogP contribution in [0.2, 0.25) is 0 Å². The number of carbonyl (C=O) groups excluding carboxylic acids is 1. The lowest BCUT2D eigenvalue weighted by molar-refractivity contribution is -0.161. The van der Waals surface area contributed by atoms with E-state index < -0.39 is 17.6 Å². The van der Waals surface area contributed by atoms with Crippen molar-refractivity contribution in [2.24, 2.45) is 0 Å². The summed E-state index contributed by atoms with van der Waals surface area (Å²) in [6.45, 7) is 4.35. The molecular formula is C13H18N2O4. The van der Waals surface area contributed by atoms with E-state index in [0.29, 0.717) is 6.54 Å². The average molecular weight is 266 g/mol. The summed E-state index contributed by atoms with van der Waals surface area (Å²) in [5.41, 5.74) is -0.442. The minimum Gasteiger partial charge on any atom is -0.480 e. The lowest BCUT2D eigenvalue weighted by Gasteiger charge is -2.41. The summed E-state index contributed by atoms with van der Waals surface area (Å²) in [5, 5.41) is 9.18. The molecule has 0 amide bonds. The summed E-state index contributed by atoms with van der Waals surface area (Å²) in [5.74, 6) is -1.11. The summed E-state index contributed by atoms with van der Waals surface area (Å²) >= 11 is 0. The third kappa shape index (κ3) is 3.21. The van der Waals surface area contributed by atoms with Crippen molar-refractivity contribution in [2.75, 3.05) is 19.7 Å². The maximum absolute atomic E-state index is 12.0. The Balaban J connectivity index is 2.10. The van der Waals surface area contributed by atoms with Crippen molar-refractivity contribution < 1.29 is 19.4 Å². The van der Waals surface area contributed by atoms with Crippen LogP contribution in [0.3, 0.4) is 0 Å². The molecule has 0 radical (unpaired) electrons. The summed E-state index contributed by atoms with van der Waals surface area (Å²) < 4.78 is 6.96. The largest absolute Gasteiger partial charge is 0.480 e. The van der Waals surface area contributed by atoms with Crippen molar-refractivity contribution in [1.82, 2.24) is 9.47 Å². The number of rotatable bonds is 3. The first kappa shape index (κ1) is 13.8. The minimum absolute atomic E-state index is 0.0679. The Morgan fingerprint density at radius 1 is 1.37 bits per heavy atom. The van der Waals surface area contributed by atoms with Gasteiger partial charge in [-0.3, -0.25) is 19.1 Å². The van der Waals surface area contributed by atoms with Crippen LogP contribution in [-0.4, -0.2) is 57.8 Å². The maximum atomic E-state index is 12.0. The number of morpholine rings is 1. The van der Waals surface area contributed by atoms with E-state index in [0.717, 1.165) is 0 Å². The number of carboxylic acids is 1. The van der Waals surface area contributed by atoms with E-state index in [-0.39, 0.29) is 19.1 Å². The summed E-state index contributed by atoms with van der Waals surface area (Å²) in [6.07, 6.45) is 3.31. The smallest absolute Gasteiger partial charge is 0.323 e. The molecule has 19 heavy (non-hydrogen) atoms. The van der Waals surface area contributed by atoms with Crippen LogP contribution in [-0.2, 0) is 9.53 Å². The second kappa shape index (κ2) is 5.14. The predicted octanol–water partition coefficient (Wildman–Crippen LogP) is 0.692. The van der Waals surface area contributed by atoms with Crippen molar-refractivity contribution in [3.63, 3.8) is 0 Å². The Morgan fingerprint density at radius 2 is 2.00 bits per heavy atom. The van der Waals surface area contributed by atoms with E-state index in [1.165, 1.54) is 4.57 Å². The molecule has 1 fully saturated rings. The van der Waals surface area contributed by atoms with Crippen molar-refractivity contribution in [1.29, 1.82) is 0 Å². The average Bonchev–Trinajstić information content (AvgIpc) is 2.80. The second-order valence-corrected chi connectivity index (χ2v) is 5.31. The number of carboxylic acid groups (broad SMARTS) is 1. The van der Waals surface area contributed by atoms with Gasteiger partial charge in [0.1, 0.15) is 6.04 Å². The SMILES string of the molecule is CC1(C)CN(CC(=O)n2cccc2)[C@H](C(=O)O)CO1. The lowest BCUT2D eigenvalue weighted by Crippen LogP contribution is -2.58. The third-order valence-electron chi connectivity index (χ3n) is 3.17. The molecule has 1 aromatic heterocycles. The molecule has 1 saturated heterocycles. The fourth-order valence-electron chi connectivity index (χ4n) is 2.20.